The van der Waals surface area contributed by atoms with Crippen LogP contribution in [0.25, 0.3) is 11.2 Å². The molecule has 0 saturated carbocycles. The summed E-state index contributed by atoms with van der Waals surface area (Å²) in [4.78, 5) is 74.5. The number of benzene rings is 3. The van der Waals surface area contributed by atoms with Crippen molar-refractivity contribution in [2.45, 2.75) is 127 Å². The lowest BCUT2D eigenvalue weighted by Crippen LogP contribution is -2.46. The Bertz CT molecular complexity index is 3410. The van der Waals surface area contributed by atoms with Crippen molar-refractivity contribution >= 4 is 56.2 Å². The van der Waals surface area contributed by atoms with E-state index in [2.05, 4.69) is 53.8 Å². The smallest absolute Gasteiger partial charge is 0.330 e. The number of methoxy groups -OCH3 is 2. The topological polar surface area (TPSA) is 237 Å². The highest BCUT2D eigenvalue weighted by Gasteiger charge is 2.49. The van der Waals surface area contributed by atoms with E-state index in [4.69, 9.17) is 58.5 Å². The fourth-order valence-corrected chi connectivity index (χ4v) is 13.8. The van der Waals surface area contributed by atoms with Crippen molar-refractivity contribution in [3.63, 3.8) is 0 Å². The number of aromatic amines is 2. The Hall–Kier alpha value is -6.18. The van der Waals surface area contributed by atoms with Gasteiger partial charge >= 0.3 is 12.4 Å². The fourth-order valence-electron chi connectivity index (χ4n) is 10.3. The zero-order valence-electron chi connectivity index (χ0n) is 48.2. The summed E-state index contributed by atoms with van der Waals surface area (Å²) >= 11 is 6.52. The first-order valence-electron chi connectivity index (χ1n) is 27.3. The molecule has 6 heterocycles. The molecule has 3 aromatic heterocycles. The van der Waals surface area contributed by atoms with Crippen LogP contribution in [0.4, 0.5) is 5.95 Å². The molecule has 25 heteroatoms. The monoisotopic (exact) mass is 1180 g/mol. The van der Waals surface area contributed by atoms with E-state index in [1.165, 1.54) is 30.4 Å². The average molecular weight is 1180 g/mol. The van der Waals surface area contributed by atoms with Gasteiger partial charge in [0, 0.05) is 52.2 Å². The van der Waals surface area contributed by atoms with Gasteiger partial charge in [-0.25, -0.2) is 14.8 Å². The van der Waals surface area contributed by atoms with Crippen molar-refractivity contribution in [3.05, 3.63) is 145 Å². The van der Waals surface area contributed by atoms with E-state index < -0.39 is 74.3 Å². The molecule has 0 aliphatic carbocycles. The number of aromatic nitrogens is 6. The van der Waals surface area contributed by atoms with Crippen molar-refractivity contribution in [2.24, 2.45) is 4.99 Å². The number of imidazole rings is 1. The van der Waals surface area contributed by atoms with Gasteiger partial charge in [0.1, 0.15) is 41.8 Å². The molecule has 0 unspecified atom stereocenters. The Morgan fingerprint density at radius 2 is 1.44 bits per heavy atom. The predicted octanol–water partition coefficient (Wildman–Crippen LogP) is 7.84. The van der Waals surface area contributed by atoms with E-state index in [9.17, 15) is 19.2 Å². The molecule has 3 aromatic carbocycles. The Labute approximate surface area is 482 Å². The van der Waals surface area contributed by atoms with Gasteiger partial charge < -0.3 is 51.5 Å². The predicted molar refractivity (Wildman–Crippen MR) is 315 cm³/mol. The number of hydrogen-bond acceptors (Lipinski definition) is 17. The second-order valence-corrected chi connectivity index (χ2v) is 30.3. The largest absolute Gasteiger partial charge is 0.497 e. The first-order valence-corrected chi connectivity index (χ1v) is 32.8. The second-order valence-electron chi connectivity index (χ2n) is 22.6. The summed E-state index contributed by atoms with van der Waals surface area (Å²) in [6.45, 7) is 10.1. The van der Waals surface area contributed by atoms with Crippen LogP contribution >= 0.6 is 6.72 Å². The molecular formula is C57H74N9O13PSSi. The number of nitrogens with zero attached hydrogens (tertiary/aromatic N) is 7. The van der Waals surface area contributed by atoms with Gasteiger partial charge in [-0.2, -0.15) is 4.98 Å². The molecule has 2 N–H and O–H groups in total. The molecule has 1 amide bonds. The number of rotatable bonds is 22. The molecular weight excluding hydrogens is 1110 g/mol. The Morgan fingerprint density at radius 1 is 0.841 bits per heavy atom. The maximum absolute atomic E-state index is 13.5. The number of carbonyl (C=O) groups is 1. The summed E-state index contributed by atoms with van der Waals surface area (Å²) in [7, 11) is 4.32. The SMILES string of the molecule is COc1ccc(C(OC[C@H]2O[C@@H](n3cnc4c(=O)[nH]c(/N=C/N(C)C)nc43)C[C@@H]2O[P@@](=S)(OC[C@H]2CCCN2C(C)=O)OC[C@H]2O[C@@H](n3cc(C)c(=O)[nH]c3=O)C[C@@H]2O[Si](C)(C)C(C)(C)C)(c2ccccc2)c2ccc(OC)cc2)cc1. The highest BCUT2D eigenvalue weighted by atomic mass is 32.5. The van der Waals surface area contributed by atoms with Crippen LogP contribution in [0.3, 0.4) is 0 Å². The molecule has 440 valence electrons. The second kappa shape index (κ2) is 25.0. The van der Waals surface area contributed by atoms with Gasteiger partial charge in [0.2, 0.25) is 11.9 Å². The number of H-pyrrole nitrogens is 2. The molecule has 22 nitrogen and oxygen atoms in total. The van der Waals surface area contributed by atoms with E-state index in [1.54, 1.807) is 49.6 Å². The van der Waals surface area contributed by atoms with E-state index >= 15 is 0 Å². The lowest BCUT2D eigenvalue weighted by molar-refractivity contribution is -0.130. The minimum Gasteiger partial charge on any atom is -0.497 e. The first kappa shape index (κ1) is 60.4. The molecule has 3 fully saturated rings. The minimum atomic E-state index is -3.96. The number of ether oxygens (including phenoxy) is 5. The van der Waals surface area contributed by atoms with Crippen molar-refractivity contribution in [1.29, 1.82) is 0 Å². The quantitative estimate of drug-likeness (QED) is 0.0216. The third-order valence-corrected chi connectivity index (χ3v) is 22.6. The number of hydrogen-bond donors (Lipinski definition) is 2. The van der Waals surface area contributed by atoms with Crippen molar-refractivity contribution in [2.75, 3.05) is 54.7 Å². The summed E-state index contributed by atoms with van der Waals surface area (Å²) in [5, 5.41) is -0.202. The fraction of sp³-hybridized carbons (Fsp3) is 0.491. The summed E-state index contributed by atoms with van der Waals surface area (Å²) in [6.07, 6.45) is 1.35. The van der Waals surface area contributed by atoms with Gasteiger partial charge in [-0.05, 0) is 90.7 Å². The van der Waals surface area contributed by atoms with E-state index in [0.29, 0.717) is 30.0 Å². The average Bonchev–Trinajstić information content (AvgIpc) is 2.91. The molecule has 3 aliphatic rings. The summed E-state index contributed by atoms with van der Waals surface area (Å²) < 4.78 is 63.4. The van der Waals surface area contributed by atoms with Crippen LogP contribution in [0.1, 0.15) is 88.1 Å². The molecule has 3 saturated heterocycles. The maximum Gasteiger partial charge on any atom is 0.330 e. The maximum atomic E-state index is 13.5. The Morgan fingerprint density at radius 3 is 2.05 bits per heavy atom. The summed E-state index contributed by atoms with van der Waals surface area (Å²) in [5.41, 5.74) is 0.0769. The van der Waals surface area contributed by atoms with Crippen LogP contribution in [0.5, 0.6) is 11.5 Å². The third-order valence-electron chi connectivity index (χ3n) is 15.7. The van der Waals surface area contributed by atoms with E-state index in [0.717, 1.165) is 23.1 Å². The molecule has 0 bridgehead atoms. The van der Waals surface area contributed by atoms with E-state index in [-0.39, 0.29) is 66.8 Å². The van der Waals surface area contributed by atoms with Gasteiger partial charge in [0.25, 0.3) is 11.1 Å². The van der Waals surface area contributed by atoms with Gasteiger partial charge in [0.15, 0.2) is 19.5 Å². The van der Waals surface area contributed by atoms with Crippen LogP contribution in [-0.2, 0) is 54.4 Å². The van der Waals surface area contributed by atoms with E-state index in [1.807, 2.05) is 78.9 Å². The summed E-state index contributed by atoms with van der Waals surface area (Å²) in [5.74, 6) is 1.26. The summed E-state index contributed by atoms with van der Waals surface area (Å²) in [6, 6.07) is 24.9. The molecule has 6 aromatic rings. The van der Waals surface area contributed by atoms with Crippen molar-refractivity contribution in [3.8, 4) is 11.5 Å². The standard InChI is InChI=1S/C57H74N9O13PSSi/c1-36-30-65(55(70)62-52(36)68)48-29-45(79-82(10,11)56(3,4)5)47(77-48)33-75-80(81,74-31-41-18-15-27-64(41)37(2)67)78-44-28-49(66-35-58-50-51(66)60-54(61-53(50)69)59-34-63(6)7)76-46(44)32-73-57(38-16-13-12-14-17-38,39-19-23-42(71-8)24-20-39)40-21-25-43(72-9)26-22-40/h12-14,16-17,19-26,30,34-35,41,44-49H,15,18,27-29,31-33H2,1-11H3,(H,60,61,69)(H,62,68,70)/b59-34+/t41-,44+,45+,46-,47-,48-,49-,80-/m1/s1. The molecule has 0 spiro atoms. The van der Waals surface area contributed by atoms with Crippen LogP contribution in [0.15, 0.2) is 111 Å². The number of carbonyl (C=O) groups excluding carboxylic acids is 1. The number of fused-ring (bicyclic) bond motifs is 1. The van der Waals surface area contributed by atoms with Gasteiger partial charge in [-0.1, -0.05) is 75.4 Å². The lowest BCUT2D eigenvalue weighted by Gasteiger charge is -2.39. The van der Waals surface area contributed by atoms with Crippen LogP contribution in [0, 0.1) is 6.92 Å². The first-order chi connectivity index (χ1) is 39.0. The van der Waals surface area contributed by atoms with Crippen molar-refractivity contribution in [1.82, 2.24) is 38.9 Å². The highest BCUT2D eigenvalue weighted by molar-refractivity contribution is 8.07. The molecule has 8 atom stereocenters. The van der Waals surface area contributed by atoms with Gasteiger partial charge in [0.05, 0.1) is 65.0 Å². The van der Waals surface area contributed by atoms with Gasteiger partial charge in [-0.15, -0.1) is 0 Å². The number of nitrogens with one attached hydrogen (secondary N) is 2. The lowest BCUT2D eigenvalue weighted by atomic mass is 9.80. The molecule has 82 heavy (non-hydrogen) atoms. The van der Waals surface area contributed by atoms with Crippen LogP contribution < -0.4 is 26.3 Å². The van der Waals surface area contributed by atoms with Crippen LogP contribution in [-0.4, -0.2) is 145 Å². The zero-order chi connectivity index (χ0) is 58.7. The molecule has 0 radical (unpaired) electrons. The zero-order valence-corrected chi connectivity index (χ0v) is 50.9. The third kappa shape index (κ3) is 13.1. The van der Waals surface area contributed by atoms with Crippen molar-refractivity contribution < 1.29 is 46.5 Å². The number of likely N-dealkylation sites (tertiary alicyclic amines) is 1. The van der Waals surface area contributed by atoms with Crippen LogP contribution in [0.2, 0.25) is 18.1 Å². The Kier molecular flexibility index (Phi) is 18.4. The Balaban J connectivity index is 1.12. The number of aliphatic imine (C=N–C) groups is 1. The number of amides is 1. The number of aryl methyl sites for hydroxylation is 1. The molecule has 3 aliphatic heterocycles. The normalized spacial score (nSPS) is 22.3. The van der Waals surface area contributed by atoms with Gasteiger partial charge in [-0.3, -0.25) is 33.5 Å². The highest BCUT2D eigenvalue weighted by Crippen LogP contribution is 2.55. The minimum absolute atomic E-state index is 0.000279. The molecule has 9 rings (SSSR count).